The minimum absolute atomic E-state index is 0.116. The topological polar surface area (TPSA) is 92.5 Å². The Bertz CT molecular complexity index is 849. The van der Waals surface area contributed by atoms with E-state index in [4.69, 9.17) is 5.11 Å². The Hall–Kier alpha value is -2.26. The van der Waals surface area contributed by atoms with Crippen LogP contribution in [0, 0.1) is 5.82 Å². The quantitative estimate of drug-likeness (QED) is 0.905. The van der Waals surface area contributed by atoms with E-state index < -0.39 is 27.9 Å². The largest absolute Gasteiger partial charge is 0.480 e. The van der Waals surface area contributed by atoms with Crippen molar-refractivity contribution in [1.82, 2.24) is 14.1 Å². The lowest BCUT2D eigenvalue weighted by Crippen LogP contribution is -2.40. The monoisotopic (exact) mass is 339 g/mol. The van der Waals surface area contributed by atoms with Crippen molar-refractivity contribution < 1.29 is 22.7 Å². The molecule has 2 aromatic rings. The summed E-state index contributed by atoms with van der Waals surface area (Å²) in [4.78, 5) is 11.0. The number of nitrogens with zero attached hydrogens (tertiary/aromatic N) is 3. The third-order valence-corrected chi connectivity index (χ3v) is 5.61. The molecule has 23 heavy (non-hydrogen) atoms. The van der Waals surface area contributed by atoms with Crippen LogP contribution in [0.2, 0.25) is 0 Å². The number of carboxylic acid groups (broad SMARTS) is 1. The maximum atomic E-state index is 13.8. The van der Waals surface area contributed by atoms with Crippen LogP contribution in [0.3, 0.4) is 0 Å². The predicted octanol–water partition coefficient (Wildman–Crippen LogP) is 1.25. The van der Waals surface area contributed by atoms with Gasteiger partial charge in [0.25, 0.3) is 0 Å². The van der Waals surface area contributed by atoms with Crippen molar-refractivity contribution in [2.45, 2.75) is 23.8 Å². The number of aromatic nitrogens is 2. The molecule has 0 bridgehead atoms. The Balaban J connectivity index is 1.96. The fourth-order valence-electron chi connectivity index (χ4n) is 2.62. The molecule has 2 heterocycles. The summed E-state index contributed by atoms with van der Waals surface area (Å²) >= 11 is 0. The van der Waals surface area contributed by atoms with E-state index in [1.165, 1.54) is 24.4 Å². The number of aliphatic carboxylic acids is 1. The summed E-state index contributed by atoms with van der Waals surface area (Å²) in [6.07, 6.45) is 3.04. The van der Waals surface area contributed by atoms with Crippen LogP contribution in [0.4, 0.5) is 4.39 Å². The molecule has 122 valence electrons. The highest BCUT2D eigenvalue weighted by atomic mass is 32.2. The van der Waals surface area contributed by atoms with Gasteiger partial charge in [-0.2, -0.15) is 9.40 Å². The van der Waals surface area contributed by atoms with E-state index in [0.29, 0.717) is 6.42 Å². The van der Waals surface area contributed by atoms with Crippen LogP contribution in [0.25, 0.3) is 5.69 Å². The molecule has 1 aromatic carbocycles. The predicted molar refractivity (Wildman–Crippen MR) is 78.1 cm³/mol. The molecule has 0 radical (unpaired) electrons. The van der Waals surface area contributed by atoms with Crippen LogP contribution >= 0.6 is 0 Å². The standard InChI is InChI=1S/C14H14FN3O4S/c15-11-4-1-2-5-12(11)17-9-10(8-16-17)23(21,22)18-7-3-6-13(18)14(19)20/h1-2,4-5,8-9,13H,3,6-7H2,(H,19,20)/t13-/m0/s1. The molecule has 1 aromatic heterocycles. The van der Waals surface area contributed by atoms with Crippen LogP contribution in [0.1, 0.15) is 12.8 Å². The number of hydrogen-bond donors (Lipinski definition) is 1. The molecule has 0 saturated carbocycles. The van der Waals surface area contributed by atoms with E-state index in [1.807, 2.05) is 0 Å². The molecule has 7 nitrogen and oxygen atoms in total. The molecule has 0 unspecified atom stereocenters. The van der Waals surface area contributed by atoms with Gasteiger partial charge in [0, 0.05) is 6.54 Å². The van der Waals surface area contributed by atoms with Crippen molar-refractivity contribution in [3.63, 3.8) is 0 Å². The normalized spacial score (nSPS) is 19.1. The van der Waals surface area contributed by atoms with E-state index in [0.717, 1.165) is 15.2 Å². The highest BCUT2D eigenvalue weighted by Gasteiger charge is 2.40. The van der Waals surface area contributed by atoms with Gasteiger partial charge in [-0.05, 0) is 25.0 Å². The van der Waals surface area contributed by atoms with Crippen molar-refractivity contribution in [2.24, 2.45) is 0 Å². The Labute approximate surface area is 132 Å². The molecule has 1 aliphatic rings. The average Bonchev–Trinajstić information content (AvgIpc) is 3.17. The molecule has 1 aliphatic heterocycles. The molecule has 3 rings (SSSR count). The van der Waals surface area contributed by atoms with Crippen molar-refractivity contribution in [3.05, 3.63) is 42.5 Å². The van der Waals surface area contributed by atoms with Gasteiger partial charge >= 0.3 is 5.97 Å². The van der Waals surface area contributed by atoms with Crippen molar-refractivity contribution >= 4 is 16.0 Å². The summed E-state index contributed by atoms with van der Waals surface area (Å²) in [6.45, 7) is 0.143. The first-order chi connectivity index (χ1) is 10.9. The average molecular weight is 339 g/mol. The zero-order valence-corrected chi connectivity index (χ0v) is 12.8. The molecule has 1 saturated heterocycles. The van der Waals surface area contributed by atoms with Gasteiger partial charge in [-0.15, -0.1) is 0 Å². The van der Waals surface area contributed by atoms with Gasteiger partial charge in [0.05, 0.1) is 12.4 Å². The van der Waals surface area contributed by atoms with Gasteiger partial charge in [-0.3, -0.25) is 4.79 Å². The first-order valence-corrected chi connectivity index (χ1v) is 8.39. The number of carbonyl (C=O) groups is 1. The fourth-order valence-corrected chi connectivity index (χ4v) is 4.20. The third-order valence-electron chi connectivity index (χ3n) is 3.75. The maximum absolute atomic E-state index is 13.8. The number of halogens is 1. The van der Waals surface area contributed by atoms with Crippen LogP contribution in [0.15, 0.2) is 41.6 Å². The van der Waals surface area contributed by atoms with Gasteiger partial charge in [0.2, 0.25) is 10.0 Å². The van der Waals surface area contributed by atoms with Crippen LogP contribution in [-0.2, 0) is 14.8 Å². The Morgan fingerprint density at radius 1 is 1.35 bits per heavy atom. The first kappa shape index (κ1) is 15.6. The summed E-state index contributed by atoms with van der Waals surface area (Å²) in [7, 11) is -3.99. The maximum Gasteiger partial charge on any atom is 0.322 e. The third kappa shape index (κ3) is 2.73. The smallest absolute Gasteiger partial charge is 0.322 e. The van der Waals surface area contributed by atoms with E-state index >= 15 is 0 Å². The number of para-hydroxylation sites is 1. The van der Waals surface area contributed by atoms with Crippen molar-refractivity contribution in [3.8, 4) is 5.69 Å². The van der Waals surface area contributed by atoms with Crippen molar-refractivity contribution in [1.29, 1.82) is 0 Å². The van der Waals surface area contributed by atoms with Gasteiger partial charge in [0.15, 0.2) is 0 Å². The van der Waals surface area contributed by atoms with Crippen molar-refractivity contribution in [2.75, 3.05) is 6.54 Å². The molecule has 0 amide bonds. The number of rotatable bonds is 4. The SMILES string of the molecule is O=C(O)[C@@H]1CCCN1S(=O)(=O)c1cnn(-c2ccccc2F)c1. The molecule has 0 aliphatic carbocycles. The summed E-state index contributed by atoms with van der Waals surface area (Å²) in [5.41, 5.74) is 0.116. The van der Waals surface area contributed by atoms with E-state index in [2.05, 4.69) is 5.10 Å². The number of benzene rings is 1. The Morgan fingerprint density at radius 3 is 2.78 bits per heavy atom. The van der Waals surface area contributed by atoms with Gasteiger partial charge in [-0.25, -0.2) is 17.5 Å². The lowest BCUT2D eigenvalue weighted by Gasteiger charge is -2.19. The molecule has 1 N–H and O–H groups in total. The minimum atomic E-state index is -3.99. The van der Waals surface area contributed by atoms with Gasteiger partial charge < -0.3 is 5.11 Å². The number of hydrogen-bond acceptors (Lipinski definition) is 4. The lowest BCUT2D eigenvalue weighted by molar-refractivity contribution is -0.140. The zero-order chi connectivity index (χ0) is 16.6. The zero-order valence-electron chi connectivity index (χ0n) is 12.0. The van der Waals surface area contributed by atoms with Gasteiger partial charge in [-0.1, -0.05) is 12.1 Å². The molecule has 1 atom stereocenters. The van der Waals surface area contributed by atoms with Crippen LogP contribution < -0.4 is 0 Å². The van der Waals surface area contributed by atoms with Gasteiger partial charge in [0.1, 0.15) is 22.4 Å². The molecule has 1 fully saturated rings. The van der Waals surface area contributed by atoms with E-state index in [1.54, 1.807) is 6.07 Å². The minimum Gasteiger partial charge on any atom is -0.480 e. The second-order valence-corrected chi connectivity index (χ2v) is 7.07. The number of carboxylic acids is 1. The highest BCUT2D eigenvalue weighted by molar-refractivity contribution is 7.89. The molecule has 9 heteroatoms. The lowest BCUT2D eigenvalue weighted by atomic mass is 10.2. The Kier molecular flexibility index (Phi) is 3.90. The molecular formula is C14H14FN3O4S. The Morgan fingerprint density at radius 2 is 2.09 bits per heavy atom. The van der Waals surface area contributed by atoms with E-state index in [-0.39, 0.29) is 23.5 Å². The van der Waals surface area contributed by atoms with Crippen LogP contribution in [0.5, 0.6) is 0 Å². The van der Waals surface area contributed by atoms with E-state index in [9.17, 15) is 17.6 Å². The molecular weight excluding hydrogens is 325 g/mol. The fraction of sp³-hybridized carbons (Fsp3) is 0.286. The second-order valence-electron chi connectivity index (χ2n) is 5.18. The summed E-state index contributed by atoms with van der Waals surface area (Å²) in [6, 6.07) is 4.76. The summed E-state index contributed by atoms with van der Waals surface area (Å²) in [5, 5.41) is 13.0. The summed E-state index contributed by atoms with van der Waals surface area (Å²) in [5.74, 6) is -1.71. The second kappa shape index (κ2) is 5.74. The van der Waals surface area contributed by atoms with Crippen LogP contribution in [-0.4, -0.2) is 46.2 Å². The number of sulfonamides is 1. The highest BCUT2D eigenvalue weighted by Crippen LogP contribution is 2.26. The summed E-state index contributed by atoms with van der Waals surface area (Å²) < 4.78 is 41.0. The first-order valence-electron chi connectivity index (χ1n) is 6.95. The molecule has 0 spiro atoms.